The third-order valence-electron chi connectivity index (χ3n) is 7.13. The summed E-state index contributed by atoms with van der Waals surface area (Å²) < 4.78 is 19.2. The van der Waals surface area contributed by atoms with E-state index < -0.39 is 16.9 Å². The summed E-state index contributed by atoms with van der Waals surface area (Å²) in [5.41, 5.74) is 2.26. The number of halogens is 1. The van der Waals surface area contributed by atoms with E-state index in [1.54, 1.807) is 50.4 Å². The van der Waals surface area contributed by atoms with Gasteiger partial charge in [0, 0.05) is 33.8 Å². The highest BCUT2D eigenvalue weighted by Gasteiger charge is 2.35. The number of methoxy groups -OCH3 is 1. The number of thiazole rings is 1. The quantitative estimate of drug-likeness (QED) is 0.114. The van der Waals surface area contributed by atoms with Gasteiger partial charge < -0.3 is 13.9 Å². The number of non-ortho nitro benzene ring substituents is 1. The molecule has 0 unspecified atom stereocenters. The second-order valence-corrected chi connectivity index (χ2v) is 11.7. The predicted octanol–water partition coefficient (Wildman–Crippen LogP) is 5.87. The molecule has 0 saturated heterocycles. The van der Waals surface area contributed by atoms with E-state index in [0.717, 1.165) is 0 Å². The average Bonchev–Trinajstić information content (AvgIpc) is 3.64. The summed E-state index contributed by atoms with van der Waals surface area (Å²) in [7, 11) is 1.57. The van der Waals surface area contributed by atoms with Crippen molar-refractivity contribution in [1.82, 2.24) is 4.57 Å². The van der Waals surface area contributed by atoms with Crippen LogP contribution in [0, 0.1) is 10.1 Å². The van der Waals surface area contributed by atoms with Crippen LogP contribution in [0.4, 0.5) is 5.69 Å². The molecule has 0 spiro atoms. The molecule has 0 N–H and O–H groups in total. The largest absolute Gasteiger partial charge is 0.497 e. The van der Waals surface area contributed by atoms with E-state index in [-0.39, 0.29) is 23.4 Å². The SMILES string of the molecule is CCOC(=O)C1=C(c2ccccc2)N=c2s/c(=C\c3ccc(-c4ccc([N+](=O)[O-])cc4Br)o3)c(=O)n2[C@@H]1c1ccc(OC)cc1. The van der Waals surface area contributed by atoms with Crippen molar-refractivity contribution < 1.29 is 23.6 Å². The Bertz CT molecular complexity index is 2150. The Labute approximate surface area is 268 Å². The Morgan fingerprint density at radius 2 is 1.87 bits per heavy atom. The van der Waals surface area contributed by atoms with Gasteiger partial charge in [0.05, 0.1) is 40.5 Å². The maximum atomic E-state index is 14.1. The van der Waals surface area contributed by atoms with Crippen LogP contribution in [-0.2, 0) is 9.53 Å². The summed E-state index contributed by atoms with van der Waals surface area (Å²) in [6, 6.07) is 23.5. The number of carbonyl (C=O) groups excluding carboxylic acids is 1. The van der Waals surface area contributed by atoms with Crippen LogP contribution in [0.5, 0.6) is 5.75 Å². The molecule has 1 aliphatic rings. The van der Waals surface area contributed by atoms with Crippen LogP contribution in [0.15, 0.2) is 109 Å². The summed E-state index contributed by atoms with van der Waals surface area (Å²) in [6.45, 7) is 1.88. The summed E-state index contributed by atoms with van der Waals surface area (Å²) >= 11 is 4.56. The first-order chi connectivity index (χ1) is 21.8. The molecule has 0 amide bonds. The lowest BCUT2D eigenvalue weighted by Crippen LogP contribution is -2.40. The number of benzene rings is 3. The van der Waals surface area contributed by atoms with E-state index in [1.807, 2.05) is 42.5 Å². The molecule has 0 bridgehead atoms. The minimum absolute atomic E-state index is 0.0537. The number of rotatable bonds is 8. The monoisotopic (exact) mass is 685 g/mol. The molecule has 1 atom stereocenters. The lowest BCUT2D eigenvalue weighted by molar-refractivity contribution is -0.384. The zero-order chi connectivity index (χ0) is 31.7. The third-order valence-corrected chi connectivity index (χ3v) is 8.77. The first-order valence-electron chi connectivity index (χ1n) is 13.8. The molecule has 3 heterocycles. The van der Waals surface area contributed by atoms with E-state index >= 15 is 0 Å². The van der Waals surface area contributed by atoms with Gasteiger partial charge in [-0.25, -0.2) is 9.79 Å². The number of nitro benzene ring substituents is 1. The Balaban J connectivity index is 1.52. The van der Waals surface area contributed by atoms with E-state index in [9.17, 15) is 19.7 Å². The van der Waals surface area contributed by atoms with Crippen molar-refractivity contribution in [3.8, 4) is 17.1 Å². The van der Waals surface area contributed by atoms with Gasteiger partial charge in [-0.3, -0.25) is 19.5 Å². The number of nitro groups is 1. The van der Waals surface area contributed by atoms with Crippen molar-refractivity contribution >= 4 is 50.7 Å². The van der Waals surface area contributed by atoms with Crippen LogP contribution in [0.25, 0.3) is 23.1 Å². The Morgan fingerprint density at radius 1 is 1.11 bits per heavy atom. The Hall–Kier alpha value is -5.07. The average molecular weight is 687 g/mol. The van der Waals surface area contributed by atoms with E-state index in [0.29, 0.717) is 53.5 Å². The predicted molar refractivity (Wildman–Crippen MR) is 173 cm³/mol. The summed E-state index contributed by atoms with van der Waals surface area (Å²) in [4.78, 5) is 43.6. The van der Waals surface area contributed by atoms with E-state index in [1.165, 1.54) is 28.0 Å². The van der Waals surface area contributed by atoms with Gasteiger partial charge in [-0.1, -0.05) is 53.8 Å². The first kappa shape index (κ1) is 30.0. The number of ether oxygens (including phenoxy) is 2. The second-order valence-electron chi connectivity index (χ2n) is 9.83. The molecule has 3 aromatic carbocycles. The van der Waals surface area contributed by atoms with Crippen molar-refractivity contribution in [2.45, 2.75) is 13.0 Å². The molecule has 1 aliphatic heterocycles. The van der Waals surface area contributed by atoms with Crippen LogP contribution in [-0.4, -0.2) is 29.2 Å². The molecule has 45 heavy (non-hydrogen) atoms. The van der Waals surface area contributed by atoms with Gasteiger partial charge in [0.15, 0.2) is 4.80 Å². The van der Waals surface area contributed by atoms with Crippen LogP contribution in [0.3, 0.4) is 0 Å². The van der Waals surface area contributed by atoms with Crippen LogP contribution in [0.1, 0.15) is 29.9 Å². The lowest BCUT2D eigenvalue weighted by atomic mass is 9.93. The fraction of sp³-hybridized carbons (Fsp3) is 0.121. The fourth-order valence-corrected chi connectivity index (χ4v) is 6.61. The first-order valence-corrected chi connectivity index (χ1v) is 15.4. The van der Waals surface area contributed by atoms with E-state index in [4.69, 9.17) is 18.9 Å². The maximum Gasteiger partial charge on any atom is 0.338 e. The van der Waals surface area contributed by atoms with Crippen LogP contribution >= 0.6 is 27.3 Å². The zero-order valence-electron chi connectivity index (χ0n) is 23.9. The zero-order valence-corrected chi connectivity index (χ0v) is 26.3. The molecular weight excluding hydrogens is 662 g/mol. The normalized spacial score (nSPS) is 14.6. The smallest absolute Gasteiger partial charge is 0.338 e. The number of hydrogen-bond donors (Lipinski definition) is 0. The molecule has 5 aromatic rings. The fourth-order valence-electron chi connectivity index (χ4n) is 5.06. The van der Waals surface area contributed by atoms with Crippen LogP contribution in [0.2, 0.25) is 0 Å². The molecule has 0 aliphatic carbocycles. The number of carbonyl (C=O) groups is 1. The third kappa shape index (κ3) is 5.77. The number of hydrogen-bond acceptors (Lipinski definition) is 9. The molecule has 0 radical (unpaired) electrons. The summed E-state index contributed by atoms with van der Waals surface area (Å²) in [5, 5.41) is 11.1. The molecule has 12 heteroatoms. The number of fused-ring (bicyclic) bond motifs is 1. The number of nitrogens with zero attached hydrogens (tertiary/aromatic N) is 3. The maximum absolute atomic E-state index is 14.1. The standard InChI is InChI=1S/C33H24BrN3O7S/c1-3-43-32(39)28-29(19-7-5-4-6-8-19)35-33-36(30(28)20-9-12-22(42-2)13-10-20)31(38)27(45-33)18-23-14-16-26(44-23)24-15-11-21(37(40)41)17-25(24)34/h4-18,30H,3H2,1-2H3/b27-18-/t30-/m1/s1. The molecule has 2 aromatic heterocycles. The summed E-state index contributed by atoms with van der Waals surface area (Å²) in [5.74, 6) is 0.918. The van der Waals surface area contributed by atoms with Gasteiger partial charge in [-0.05, 0) is 58.7 Å². The van der Waals surface area contributed by atoms with Gasteiger partial charge in [0.2, 0.25) is 0 Å². The Kier molecular flexibility index (Phi) is 8.33. The van der Waals surface area contributed by atoms with Crippen molar-refractivity contribution in [2.75, 3.05) is 13.7 Å². The molecule has 226 valence electrons. The topological polar surface area (TPSA) is 126 Å². The highest BCUT2D eigenvalue weighted by Crippen LogP contribution is 2.36. The van der Waals surface area contributed by atoms with Gasteiger partial charge in [-0.2, -0.15) is 0 Å². The molecule has 10 nitrogen and oxygen atoms in total. The van der Waals surface area contributed by atoms with E-state index in [2.05, 4.69) is 15.9 Å². The van der Waals surface area contributed by atoms with Crippen molar-refractivity contribution in [2.24, 2.45) is 4.99 Å². The van der Waals surface area contributed by atoms with Gasteiger partial charge in [-0.15, -0.1) is 0 Å². The minimum Gasteiger partial charge on any atom is -0.497 e. The van der Waals surface area contributed by atoms with Crippen molar-refractivity contribution in [3.05, 3.63) is 142 Å². The van der Waals surface area contributed by atoms with Gasteiger partial charge >= 0.3 is 5.97 Å². The Morgan fingerprint density at radius 3 is 2.53 bits per heavy atom. The van der Waals surface area contributed by atoms with Crippen LogP contribution < -0.4 is 19.6 Å². The van der Waals surface area contributed by atoms with Gasteiger partial charge in [0.25, 0.3) is 11.2 Å². The molecule has 0 saturated carbocycles. The van der Waals surface area contributed by atoms with Gasteiger partial charge in [0.1, 0.15) is 17.3 Å². The number of esters is 1. The second kappa shape index (κ2) is 12.5. The number of aromatic nitrogens is 1. The molecular formula is C33H24BrN3O7S. The lowest BCUT2D eigenvalue weighted by Gasteiger charge is -2.26. The molecule has 0 fully saturated rings. The summed E-state index contributed by atoms with van der Waals surface area (Å²) in [6.07, 6.45) is 1.62. The minimum atomic E-state index is -0.827. The van der Waals surface area contributed by atoms with Crippen molar-refractivity contribution in [1.29, 1.82) is 0 Å². The molecule has 6 rings (SSSR count). The highest BCUT2D eigenvalue weighted by molar-refractivity contribution is 9.10. The highest BCUT2D eigenvalue weighted by atomic mass is 79.9. The number of furan rings is 1. The van der Waals surface area contributed by atoms with Crippen molar-refractivity contribution in [3.63, 3.8) is 0 Å².